The smallest absolute Gasteiger partial charge is 0.161 e. The van der Waals surface area contributed by atoms with Crippen LogP contribution in [0.1, 0.15) is 25.0 Å². The second-order valence-corrected chi connectivity index (χ2v) is 12.9. The number of aromatic nitrogens is 3. The minimum atomic E-state index is -0.102. The molecule has 6 aromatic carbocycles. The number of fused-ring (bicyclic) bond motifs is 6. The highest BCUT2D eigenvalue weighted by Crippen LogP contribution is 2.52. The summed E-state index contributed by atoms with van der Waals surface area (Å²) in [6.07, 6.45) is 3.62. The van der Waals surface area contributed by atoms with Crippen molar-refractivity contribution in [3.8, 4) is 56.2 Å². The number of hydrogen-bond donors (Lipinski definition) is 0. The average molecular weight is 602 g/mol. The maximum atomic E-state index is 5.14. The van der Waals surface area contributed by atoms with Crippen LogP contribution in [-0.2, 0) is 5.41 Å². The predicted molar refractivity (Wildman–Crippen MR) is 194 cm³/mol. The molecule has 1 aliphatic carbocycles. The Morgan fingerprint density at radius 3 is 1.83 bits per heavy atom. The lowest BCUT2D eigenvalue weighted by atomic mass is 9.81. The quantitative estimate of drug-likeness (QED) is 0.201. The molecule has 3 heteroatoms. The van der Waals surface area contributed by atoms with Crippen LogP contribution in [0.25, 0.3) is 77.7 Å². The zero-order valence-corrected chi connectivity index (χ0v) is 26.3. The van der Waals surface area contributed by atoms with Crippen LogP contribution in [0.4, 0.5) is 0 Å². The van der Waals surface area contributed by atoms with Crippen molar-refractivity contribution in [1.29, 1.82) is 0 Å². The first-order valence-electron chi connectivity index (χ1n) is 16.1. The van der Waals surface area contributed by atoms with E-state index in [-0.39, 0.29) is 5.41 Å². The fourth-order valence-corrected chi connectivity index (χ4v) is 7.42. The molecule has 9 rings (SSSR count). The van der Waals surface area contributed by atoms with Crippen LogP contribution in [0.15, 0.2) is 152 Å². The summed E-state index contributed by atoms with van der Waals surface area (Å²) in [5.41, 5.74) is 12.6. The summed E-state index contributed by atoms with van der Waals surface area (Å²) < 4.78 is 0. The molecule has 8 aromatic rings. The average Bonchev–Trinajstić information content (AvgIpc) is 3.37. The van der Waals surface area contributed by atoms with E-state index in [1.807, 2.05) is 42.7 Å². The largest absolute Gasteiger partial charge is 0.265 e. The van der Waals surface area contributed by atoms with Crippen LogP contribution in [-0.4, -0.2) is 15.0 Å². The van der Waals surface area contributed by atoms with Gasteiger partial charge in [0.1, 0.15) is 0 Å². The van der Waals surface area contributed by atoms with E-state index in [2.05, 4.69) is 128 Å². The molecule has 2 aromatic heterocycles. The van der Waals surface area contributed by atoms with E-state index in [9.17, 15) is 0 Å². The molecular formula is C44H31N3. The number of rotatable bonds is 4. The minimum Gasteiger partial charge on any atom is -0.265 e. The van der Waals surface area contributed by atoms with Gasteiger partial charge in [0, 0.05) is 34.5 Å². The van der Waals surface area contributed by atoms with Crippen molar-refractivity contribution < 1.29 is 0 Å². The maximum Gasteiger partial charge on any atom is 0.161 e. The molecular weight excluding hydrogens is 571 g/mol. The minimum absolute atomic E-state index is 0.102. The molecule has 3 nitrogen and oxygen atoms in total. The van der Waals surface area contributed by atoms with E-state index < -0.39 is 0 Å². The predicted octanol–water partition coefficient (Wildman–Crippen LogP) is 11.2. The highest BCUT2D eigenvalue weighted by molar-refractivity contribution is 6.06. The van der Waals surface area contributed by atoms with E-state index in [1.54, 1.807) is 0 Å². The maximum absolute atomic E-state index is 5.14. The molecule has 2 heterocycles. The fraction of sp³-hybridized carbons (Fsp3) is 0.0682. The third-order valence-corrected chi connectivity index (χ3v) is 9.81. The Kier molecular flexibility index (Phi) is 6.16. The highest BCUT2D eigenvalue weighted by atomic mass is 14.9. The summed E-state index contributed by atoms with van der Waals surface area (Å²) in [7, 11) is 0. The Labute approximate surface area is 274 Å². The first-order chi connectivity index (χ1) is 23.1. The Morgan fingerprint density at radius 1 is 0.447 bits per heavy atom. The van der Waals surface area contributed by atoms with Gasteiger partial charge in [-0.15, -0.1) is 0 Å². The summed E-state index contributed by atoms with van der Waals surface area (Å²) in [6, 6.07) is 49.8. The standard InChI is InChI=1S/C44H31N3/c1-44(2)38-21-17-28-10-6-7-13-33(28)42(38)37-18-16-31(26-39(37)44)32-19-20-36(35-15-9-8-14-34(32)35)43-46-40(29-11-4-3-5-12-29)27-41(47-43)30-22-24-45-25-23-30/h3-27H,1-2H3. The van der Waals surface area contributed by atoms with Gasteiger partial charge in [0.25, 0.3) is 0 Å². The summed E-state index contributed by atoms with van der Waals surface area (Å²) in [5.74, 6) is 0.707. The molecule has 0 amide bonds. The van der Waals surface area contributed by atoms with Crippen LogP contribution in [0.3, 0.4) is 0 Å². The van der Waals surface area contributed by atoms with Gasteiger partial charge in [-0.2, -0.15) is 0 Å². The van der Waals surface area contributed by atoms with Gasteiger partial charge in [-0.1, -0.05) is 123 Å². The Bertz CT molecular complexity index is 2420. The third kappa shape index (κ3) is 4.39. The highest BCUT2D eigenvalue weighted by Gasteiger charge is 2.36. The molecule has 0 bridgehead atoms. The molecule has 0 N–H and O–H groups in total. The summed E-state index contributed by atoms with van der Waals surface area (Å²) >= 11 is 0. The molecule has 222 valence electrons. The molecule has 0 fully saturated rings. The molecule has 0 aliphatic heterocycles. The Balaban J connectivity index is 1.21. The molecule has 0 saturated heterocycles. The van der Waals surface area contributed by atoms with Gasteiger partial charge < -0.3 is 0 Å². The van der Waals surface area contributed by atoms with Crippen LogP contribution in [0.5, 0.6) is 0 Å². The van der Waals surface area contributed by atoms with Gasteiger partial charge in [0.15, 0.2) is 5.82 Å². The first-order valence-corrected chi connectivity index (χ1v) is 16.1. The zero-order valence-electron chi connectivity index (χ0n) is 26.3. The van der Waals surface area contributed by atoms with Crippen molar-refractivity contribution in [3.05, 3.63) is 163 Å². The molecule has 0 radical (unpaired) electrons. The van der Waals surface area contributed by atoms with E-state index in [0.717, 1.165) is 33.5 Å². The van der Waals surface area contributed by atoms with E-state index in [0.29, 0.717) is 5.82 Å². The Hall–Kier alpha value is -5.93. The van der Waals surface area contributed by atoms with Crippen LogP contribution >= 0.6 is 0 Å². The van der Waals surface area contributed by atoms with Crippen molar-refractivity contribution in [2.75, 3.05) is 0 Å². The van der Waals surface area contributed by atoms with Crippen molar-refractivity contribution in [2.24, 2.45) is 0 Å². The van der Waals surface area contributed by atoms with Crippen molar-refractivity contribution in [2.45, 2.75) is 19.3 Å². The lowest BCUT2D eigenvalue weighted by Gasteiger charge is -2.22. The van der Waals surface area contributed by atoms with Crippen LogP contribution < -0.4 is 0 Å². The van der Waals surface area contributed by atoms with Gasteiger partial charge in [-0.25, -0.2) is 9.97 Å². The van der Waals surface area contributed by atoms with Crippen molar-refractivity contribution >= 4 is 21.5 Å². The molecule has 0 atom stereocenters. The van der Waals surface area contributed by atoms with Gasteiger partial charge in [-0.05, 0) is 85.3 Å². The lowest BCUT2D eigenvalue weighted by molar-refractivity contribution is 0.661. The topological polar surface area (TPSA) is 38.7 Å². The Morgan fingerprint density at radius 2 is 1.06 bits per heavy atom. The van der Waals surface area contributed by atoms with Gasteiger partial charge >= 0.3 is 0 Å². The van der Waals surface area contributed by atoms with E-state index >= 15 is 0 Å². The second kappa shape index (κ2) is 10.6. The third-order valence-electron chi connectivity index (χ3n) is 9.81. The second-order valence-electron chi connectivity index (χ2n) is 12.9. The number of hydrogen-bond acceptors (Lipinski definition) is 3. The van der Waals surface area contributed by atoms with Crippen molar-refractivity contribution in [1.82, 2.24) is 15.0 Å². The number of benzene rings is 6. The monoisotopic (exact) mass is 601 g/mol. The van der Waals surface area contributed by atoms with Crippen molar-refractivity contribution in [3.63, 3.8) is 0 Å². The number of pyridine rings is 1. The SMILES string of the molecule is CC1(C)c2cc(-c3ccc(-c4nc(-c5ccccc5)cc(-c5ccncc5)n4)c4ccccc34)ccc2-c2c1ccc1ccccc21. The fourth-order valence-electron chi connectivity index (χ4n) is 7.42. The van der Waals surface area contributed by atoms with Gasteiger partial charge in [0.2, 0.25) is 0 Å². The zero-order chi connectivity index (χ0) is 31.5. The van der Waals surface area contributed by atoms with Gasteiger partial charge in [-0.3, -0.25) is 4.98 Å². The molecule has 1 aliphatic rings. The summed E-state index contributed by atoms with van der Waals surface area (Å²) in [6.45, 7) is 4.71. The normalized spacial score (nSPS) is 13.1. The molecule has 0 spiro atoms. The van der Waals surface area contributed by atoms with Crippen LogP contribution in [0, 0.1) is 0 Å². The summed E-state index contributed by atoms with van der Waals surface area (Å²) in [4.78, 5) is 14.5. The van der Waals surface area contributed by atoms with E-state index in [1.165, 1.54) is 49.5 Å². The number of nitrogens with zero attached hydrogens (tertiary/aromatic N) is 3. The lowest BCUT2D eigenvalue weighted by Crippen LogP contribution is -2.15. The molecule has 47 heavy (non-hydrogen) atoms. The van der Waals surface area contributed by atoms with Crippen LogP contribution in [0.2, 0.25) is 0 Å². The molecule has 0 unspecified atom stereocenters. The first kappa shape index (κ1) is 27.4. The van der Waals surface area contributed by atoms with E-state index in [4.69, 9.17) is 9.97 Å². The van der Waals surface area contributed by atoms with Gasteiger partial charge in [0.05, 0.1) is 11.4 Å². The summed E-state index contributed by atoms with van der Waals surface area (Å²) in [5, 5.41) is 4.92. The molecule has 0 saturated carbocycles.